The quantitative estimate of drug-likeness (QED) is 0.328. The molecule has 2 aliphatic heterocycles. The van der Waals surface area contributed by atoms with E-state index in [-0.39, 0.29) is 18.3 Å². The lowest BCUT2D eigenvalue weighted by molar-refractivity contribution is 0.0807. The molecule has 8 heteroatoms. The van der Waals surface area contributed by atoms with Crippen molar-refractivity contribution in [1.29, 1.82) is 0 Å². The van der Waals surface area contributed by atoms with Crippen molar-refractivity contribution in [2.75, 3.05) is 46.8 Å². The molecule has 1 aromatic carbocycles. The van der Waals surface area contributed by atoms with Crippen LogP contribution >= 0.6 is 11.6 Å². The van der Waals surface area contributed by atoms with Gasteiger partial charge in [-0.15, -0.1) is 0 Å². The van der Waals surface area contributed by atoms with Gasteiger partial charge >= 0.3 is 0 Å². The molecule has 3 N–H and O–H groups in total. The van der Waals surface area contributed by atoms with E-state index in [2.05, 4.69) is 10.6 Å². The molecule has 200 valence electrons. The molecular weight excluding hydrogens is 479 g/mol. The van der Waals surface area contributed by atoms with Gasteiger partial charge in [0.25, 0.3) is 5.91 Å². The standard InChI is InChI=1S/C24H30ClFN4O2.2C2H6/c1-29-16-20(7-8-23(29)25)22(31)14-27-10-9-17-3-5-19(6-4-17)24(32)30(2)15-18-11-21(26)13-28-12-18;2*1-2/h3-8,11-12,22,27-28,31H,9-10,13-16H2,1-2H3;2*1-2H3. The van der Waals surface area contributed by atoms with Crippen LogP contribution < -0.4 is 10.6 Å². The Hall–Kier alpha value is -2.61. The predicted octanol–water partition coefficient (Wildman–Crippen LogP) is 4.60. The molecule has 0 saturated carbocycles. The van der Waals surface area contributed by atoms with E-state index in [1.807, 2.05) is 70.0 Å². The molecule has 2 aliphatic rings. The first-order chi connectivity index (χ1) is 17.3. The number of dihydropyridines is 1. The third-order valence-electron chi connectivity index (χ3n) is 5.44. The SMILES string of the molecule is CC.CC.CN(CC1=CNCC(F)=C1)C(=O)c1ccc(CCNCC(O)C2=CC=C(Cl)N(C)C2)cc1. The summed E-state index contributed by atoms with van der Waals surface area (Å²) in [6, 6.07) is 7.49. The van der Waals surface area contributed by atoms with Gasteiger partial charge in [0.1, 0.15) is 11.0 Å². The number of hydrogen-bond acceptors (Lipinski definition) is 5. The minimum absolute atomic E-state index is 0.113. The van der Waals surface area contributed by atoms with Crippen LogP contribution in [0, 0.1) is 0 Å². The van der Waals surface area contributed by atoms with Crippen LogP contribution in [0.5, 0.6) is 0 Å². The van der Waals surface area contributed by atoms with Crippen molar-refractivity contribution in [2.45, 2.75) is 40.2 Å². The van der Waals surface area contributed by atoms with Gasteiger partial charge in [0, 0.05) is 45.5 Å². The molecule has 0 saturated heterocycles. The Morgan fingerprint density at radius 2 is 1.89 bits per heavy atom. The number of likely N-dealkylation sites (N-methyl/N-ethyl adjacent to an activating group) is 2. The van der Waals surface area contributed by atoms with Gasteiger partial charge < -0.3 is 25.5 Å². The summed E-state index contributed by atoms with van der Waals surface area (Å²) in [4.78, 5) is 16.1. The highest BCUT2D eigenvalue weighted by Crippen LogP contribution is 2.18. The van der Waals surface area contributed by atoms with Crippen molar-refractivity contribution in [3.05, 3.63) is 81.9 Å². The molecule has 36 heavy (non-hydrogen) atoms. The highest BCUT2D eigenvalue weighted by Gasteiger charge is 2.17. The smallest absolute Gasteiger partial charge is 0.253 e. The Balaban J connectivity index is 0.00000154. The van der Waals surface area contributed by atoms with E-state index in [0.29, 0.717) is 36.9 Å². The number of hydrogen-bond donors (Lipinski definition) is 3. The second kappa shape index (κ2) is 17.0. The Morgan fingerprint density at radius 3 is 2.50 bits per heavy atom. The van der Waals surface area contributed by atoms with Crippen LogP contribution in [-0.2, 0) is 6.42 Å². The molecule has 1 unspecified atom stereocenters. The van der Waals surface area contributed by atoms with Crippen LogP contribution in [0.15, 0.2) is 70.8 Å². The van der Waals surface area contributed by atoms with Crippen molar-refractivity contribution in [3.63, 3.8) is 0 Å². The summed E-state index contributed by atoms with van der Waals surface area (Å²) in [5, 5.41) is 17.1. The normalized spacial score (nSPS) is 15.4. The molecule has 0 bridgehead atoms. The molecule has 3 rings (SSSR count). The monoisotopic (exact) mass is 520 g/mol. The number of carbonyl (C=O) groups is 1. The highest BCUT2D eigenvalue weighted by molar-refractivity contribution is 6.29. The molecular formula is C28H42ClFN4O2. The molecule has 1 aromatic rings. The van der Waals surface area contributed by atoms with Gasteiger partial charge in [-0.3, -0.25) is 4.79 Å². The molecule has 1 amide bonds. The van der Waals surface area contributed by atoms with Crippen LogP contribution in [0.25, 0.3) is 0 Å². The third kappa shape index (κ3) is 10.2. The van der Waals surface area contributed by atoms with E-state index in [0.717, 1.165) is 23.1 Å². The molecule has 2 heterocycles. The Morgan fingerprint density at radius 1 is 1.22 bits per heavy atom. The Kier molecular flexibility index (Phi) is 14.8. The first-order valence-corrected chi connectivity index (χ1v) is 13.0. The summed E-state index contributed by atoms with van der Waals surface area (Å²) in [6.07, 6.45) is 7.07. The third-order valence-corrected chi connectivity index (χ3v) is 5.86. The lowest BCUT2D eigenvalue weighted by Gasteiger charge is -2.26. The van der Waals surface area contributed by atoms with E-state index in [1.165, 1.54) is 6.08 Å². The minimum Gasteiger partial charge on any atom is -0.387 e. The summed E-state index contributed by atoms with van der Waals surface area (Å²) in [7, 11) is 3.59. The number of halogens is 2. The van der Waals surface area contributed by atoms with Gasteiger partial charge in [0.15, 0.2) is 0 Å². The van der Waals surface area contributed by atoms with Gasteiger partial charge in [-0.05, 0) is 54.0 Å². The van der Waals surface area contributed by atoms with Crippen molar-refractivity contribution in [1.82, 2.24) is 20.4 Å². The first-order valence-electron chi connectivity index (χ1n) is 12.6. The van der Waals surface area contributed by atoms with E-state index in [9.17, 15) is 14.3 Å². The molecule has 0 fully saturated rings. The topological polar surface area (TPSA) is 67.8 Å². The zero-order chi connectivity index (χ0) is 27.1. The molecule has 0 spiro atoms. The second-order valence-corrected chi connectivity index (χ2v) is 8.49. The van der Waals surface area contributed by atoms with Gasteiger partial charge in [-0.25, -0.2) is 4.39 Å². The number of benzene rings is 1. The van der Waals surface area contributed by atoms with Crippen molar-refractivity contribution >= 4 is 17.5 Å². The van der Waals surface area contributed by atoms with Gasteiger partial charge in [-0.1, -0.05) is 57.5 Å². The zero-order valence-electron chi connectivity index (χ0n) is 22.4. The van der Waals surface area contributed by atoms with E-state index >= 15 is 0 Å². The lowest BCUT2D eigenvalue weighted by atomic mass is 10.1. The molecule has 0 radical (unpaired) electrons. The maximum Gasteiger partial charge on any atom is 0.253 e. The van der Waals surface area contributed by atoms with E-state index in [1.54, 1.807) is 24.2 Å². The van der Waals surface area contributed by atoms with Crippen LogP contribution in [0.2, 0.25) is 0 Å². The molecule has 0 aromatic heterocycles. The lowest BCUT2D eigenvalue weighted by Crippen LogP contribution is -2.34. The number of rotatable bonds is 9. The zero-order valence-corrected chi connectivity index (χ0v) is 23.2. The number of amides is 1. The highest BCUT2D eigenvalue weighted by atomic mass is 35.5. The average molecular weight is 521 g/mol. The van der Waals surface area contributed by atoms with E-state index < -0.39 is 6.10 Å². The van der Waals surface area contributed by atoms with Gasteiger partial charge in [0.05, 0.1) is 12.6 Å². The minimum atomic E-state index is -0.563. The van der Waals surface area contributed by atoms with Crippen LogP contribution in [0.1, 0.15) is 43.6 Å². The number of nitrogens with one attached hydrogen (secondary N) is 2. The maximum absolute atomic E-state index is 13.4. The van der Waals surface area contributed by atoms with Crippen molar-refractivity contribution < 1.29 is 14.3 Å². The Labute approximate surface area is 221 Å². The number of aliphatic hydroxyl groups is 1. The van der Waals surface area contributed by atoms with Crippen LogP contribution in [0.4, 0.5) is 4.39 Å². The number of allylic oxidation sites excluding steroid dienone is 2. The average Bonchev–Trinajstić information content (AvgIpc) is 2.90. The second-order valence-electron chi connectivity index (χ2n) is 8.11. The largest absolute Gasteiger partial charge is 0.387 e. The van der Waals surface area contributed by atoms with Crippen molar-refractivity contribution in [2.24, 2.45) is 0 Å². The predicted molar refractivity (Wildman–Crippen MR) is 149 cm³/mol. The summed E-state index contributed by atoms with van der Waals surface area (Å²) in [5.41, 5.74) is 3.34. The van der Waals surface area contributed by atoms with Gasteiger partial charge in [0.2, 0.25) is 0 Å². The van der Waals surface area contributed by atoms with Crippen LogP contribution in [0.3, 0.4) is 0 Å². The molecule has 0 aliphatic carbocycles. The number of carbonyl (C=O) groups excluding carboxylic acids is 1. The maximum atomic E-state index is 13.4. The van der Waals surface area contributed by atoms with Crippen LogP contribution in [-0.4, -0.2) is 73.7 Å². The number of nitrogens with zero attached hydrogens (tertiary/aromatic N) is 2. The first kappa shape index (κ1) is 31.4. The summed E-state index contributed by atoms with van der Waals surface area (Å²) >= 11 is 6.03. The summed E-state index contributed by atoms with van der Waals surface area (Å²) < 4.78 is 13.4. The fourth-order valence-electron chi connectivity index (χ4n) is 3.57. The molecule has 6 nitrogen and oxygen atoms in total. The van der Waals surface area contributed by atoms with E-state index in [4.69, 9.17) is 11.6 Å². The fraction of sp³-hybridized carbons (Fsp3) is 0.464. The Bertz CT molecular complexity index is 941. The fourth-order valence-corrected chi connectivity index (χ4v) is 3.69. The van der Waals surface area contributed by atoms with Crippen molar-refractivity contribution in [3.8, 4) is 0 Å². The summed E-state index contributed by atoms with van der Waals surface area (Å²) in [6.45, 7) is 10.3. The summed E-state index contributed by atoms with van der Waals surface area (Å²) in [5.74, 6) is -0.351. The number of aliphatic hydroxyl groups excluding tert-OH is 1. The molecule has 1 atom stereocenters. The van der Waals surface area contributed by atoms with Gasteiger partial charge in [-0.2, -0.15) is 0 Å².